The Kier molecular flexibility index (Phi) is 3.94. The van der Waals surface area contributed by atoms with E-state index in [4.69, 9.17) is 5.21 Å². The van der Waals surface area contributed by atoms with Gasteiger partial charge in [-0.25, -0.2) is 5.48 Å². The summed E-state index contributed by atoms with van der Waals surface area (Å²) in [5, 5.41) is 9.72. The van der Waals surface area contributed by atoms with Gasteiger partial charge in [-0.05, 0) is 50.7 Å². The van der Waals surface area contributed by atoms with Gasteiger partial charge in [-0.1, -0.05) is 13.0 Å². The molecule has 3 rings (SSSR count). The minimum atomic E-state index is -0.466. The molecule has 1 aromatic carbocycles. The number of carbonyl (C=O) groups is 1. The third-order valence-electron chi connectivity index (χ3n) is 4.51. The first kappa shape index (κ1) is 14.1. The fourth-order valence-electron chi connectivity index (χ4n) is 3.22. The molecule has 1 saturated heterocycles. The third-order valence-corrected chi connectivity index (χ3v) is 4.51. The lowest BCUT2D eigenvalue weighted by Gasteiger charge is -2.30. The van der Waals surface area contributed by atoms with Crippen LogP contribution in [-0.4, -0.2) is 40.6 Å². The average Bonchev–Trinajstić information content (AvgIpc) is 2.98. The van der Waals surface area contributed by atoms with E-state index in [0.717, 1.165) is 43.4 Å². The van der Waals surface area contributed by atoms with Crippen molar-refractivity contribution in [2.45, 2.75) is 25.7 Å². The number of hydrogen-bond donors (Lipinski definition) is 3. The van der Waals surface area contributed by atoms with Crippen LogP contribution in [0.1, 0.15) is 41.7 Å². The van der Waals surface area contributed by atoms with Crippen LogP contribution >= 0.6 is 0 Å². The van der Waals surface area contributed by atoms with Gasteiger partial charge in [0.15, 0.2) is 0 Å². The topological polar surface area (TPSA) is 68.4 Å². The molecule has 1 amide bonds. The minimum Gasteiger partial charge on any atom is -0.358 e. The maximum atomic E-state index is 11.7. The highest BCUT2D eigenvalue weighted by Gasteiger charge is 2.22. The summed E-state index contributed by atoms with van der Waals surface area (Å²) in [7, 11) is 0. The summed E-state index contributed by atoms with van der Waals surface area (Å²) in [5.41, 5.74) is 4.36. The molecule has 5 nitrogen and oxygen atoms in total. The molecule has 0 radical (unpaired) electrons. The smallest absolute Gasteiger partial charge is 0.275 e. The Balaban J connectivity index is 1.89. The molecule has 112 valence electrons. The quantitative estimate of drug-likeness (QED) is 0.600. The van der Waals surface area contributed by atoms with Gasteiger partial charge < -0.3 is 9.88 Å². The highest BCUT2D eigenvalue weighted by atomic mass is 16.5. The first-order valence-electron chi connectivity index (χ1n) is 7.51. The molecule has 21 heavy (non-hydrogen) atoms. The van der Waals surface area contributed by atoms with Crippen LogP contribution in [0.3, 0.4) is 0 Å². The van der Waals surface area contributed by atoms with Gasteiger partial charge in [-0.2, -0.15) is 0 Å². The highest BCUT2D eigenvalue weighted by Crippen LogP contribution is 2.31. The van der Waals surface area contributed by atoms with Gasteiger partial charge in [0.05, 0.1) is 5.56 Å². The van der Waals surface area contributed by atoms with Crippen molar-refractivity contribution in [3.63, 3.8) is 0 Å². The zero-order valence-corrected chi connectivity index (χ0v) is 12.2. The lowest BCUT2D eigenvalue weighted by atomic mass is 9.93. The number of hydrogen-bond acceptors (Lipinski definition) is 3. The average molecular weight is 287 g/mol. The zero-order valence-electron chi connectivity index (χ0n) is 12.2. The predicted octanol–water partition coefficient (Wildman–Crippen LogP) is 2.49. The number of aromatic amines is 1. The van der Waals surface area contributed by atoms with Gasteiger partial charge in [0.25, 0.3) is 5.91 Å². The Morgan fingerprint density at radius 2 is 2.19 bits per heavy atom. The monoisotopic (exact) mass is 287 g/mol. The number of fused-ring (bicyclic) bond motifs is 1. The SMILES string of the molecule is CCN1CCC(c2cc3c(C(=O)NO)cccc3[nH]2)CC1. The molecule has 2 aromatic rings. The molecular formula is C16H21N3O2. The van der Waals surface area contributed by atoms with Crippen molar-refractivity contribution in [1.82, 2.24) is 15.4 Å². The van der Waals surface area contributed by atoms with Gasteiger partial charge in [0, 0.05) is 22.5 Å². The Morgan fingerprint density at radius 1 is 1.43 bits per heavy atom. The van der Waals surface area contributed by atoms with Crippen molar-refractivity contribution in [1.29, 1.82) is 0 Å². The van der Waals surface area contributed by atoms with Gasteiger partial charge in [0.1, 0.15) is 0 Å². The van der Waals surface area contributed by atoms with Crippen LogP contribution in [0.4, 0.5) is 0 Å². The number of rotatable bonds is 3. The second-order valence-electron chi connectivity index (χ2n) is 5.64. The Morgan fingerprint density at radius 3 is 2.86 bits per heavy atom. The van der Waals surface area contributed by atoms with Gasteiger partial charge in [-0.15, -0.1) is 0 Å². The summed E-state index contributed by atoms with van der Waals surface area (Å²) in [5.74, 6) is 0.0530. The van der Waals surface area contributed by atoms with Crippen LogP contribution in [0.2, 0.25) is 0 Å². The van der Waals surface area contributed by atoms with Crippen molar-refractivity contribution in [3.8, 4) is 0 Å². The fourth-order valence-corrected chi connectivity index (χ4v) is 3.22. The highest BCUT2D eigenvalue weighted by molar-refractivity contribution is 6.06. The molecule has 3 N–H and O–H groups in total. The summed E-state index contributed by atoms with van der Waals surface area (Å²) in [6.45, 7) is 5.56. The Labute approximate surface area is 123 Å². The molecule has 1 aliphatic rings. The standard InChI is InChI=1S/C16H21N3O2/c1-2-19-8-6-11(7-9-19)15-10-13-12(16(20)18-21)4-3-5-14(13)17-15/h3-5,10-11,17,21H,2,6-9H2,1H3,(H,18,20). The van der Waals surface area contributed by atoms with Crippen LogP contribution in [0.5, 0.6) is 0 Å². The zero-order chi connectivity index (χ0) is 14.8. The molecule has 0 bridgehead atoms. The molecule has 0 unspecified atom stereocenters. The largest absolute Gasteiger partial charge is 0.358 e. The van der Waals surface area contributed by atoms with Crippen LogP contribution in [0.25, 0.3) is 10.9 Å². The van der Waals surface area contributed by atoms with Crippen LogP contribution < -0.4 is 5.48 Å². The molecular weight excluding hydrogens is 266 g/mol. The van der Waals surface area contributed by atoms with E-state index in [1.165, 1.54) is 5.69 Å². The fraction of sp³-hybridized carbons (Fsp3) is 0.438. The molecule has 0 spiro atoms. The predicted molar refractivity (Wildman–Crippen MR) is 81.6 cm³/mol. The number of likely N-dealkylation sites (tertiary alicyclic amines) is 1. The van der Waals surface area contributed by atoms with Crippen molar-refractivity contribution in [3.05, 3.63) is 35.5 Å². The molecule has 1 aliphatic heterocycles. The van der Waals surface area contributed by atoms with Gasteiger partial charge in [0.2, 0.25) is 0 Å². The van der Waals surface area contributed by atoms with E-state index in [1.54, 1.807) is 11.5 Å². The van der Waals surface area contributed by atoms with Crippen molar-refractivity contribution in [2.24, 2.45) is 0 Å². The van der Waals surface area contributed by atoms with E-state index in [0.29, 0.717) is 11.5 Å². The van der Waals surface area contributed by atoms with Gasteiger partial charge in [-0.3, -0.25) is 10.0 Å². The van der Waals surface area contributed by atoms with E-state index in [1.807, 2.05) is 12.1 Å². The number of amides is 1. The summed E-state index contributed by atoms with van der Waals surface area (Å²) >= 11 is 0. The molecule has 5 heteroatoms. The molecule has 1 aromatic heterocycles. The minimum absolute atomic E-state index is 0.466. The third kappa shape index (κ3) is 2.66. The first-order chi connectivity index (χ1) is 10.2. The van der Waals surface area contributed by atoms with Crippen molar-refractivity contribution < 1.29 is 10.0 Å². The lowest BCUT2D eigenvalue weighted by Crippen LogP contribution is -2.32. The summed E-state index contributed by atoms with van der Waals surface area (Å²) in [6.07, 6.45) is 2.28. The molecule has 0 aliphatic carbocycles. The summed E-state index contributed by atoms with van der Waals surface area (Å²) < 4.78 is 0. The second-order valence-corrected chi connectivity index (χ2v) is 5.64. The van der Waals surface area contributed by atoms with Crippen LogP contribution in [0, 0.1) is 0 Å². The normalized spacial score (nSPS) is 17.2. The van der Waals surface area contributed by atoms with E-state index in [9.17, 15) is 4.79 Å². The number of nitrogens with zero attached hydrogens (tertiary/aromatic N) is 1. The van der Waals surface area contributed by atoms with E-state index in [2.05, 4.69) is 22.9 Å². The number of nitrogens with one attached hydrogen (secondary N) is 2. The molecule has 0 atom stereocenters. The summed E-state index contributed by atoms with van der Waals surface area (Å²) in [4.78, 5) is 17.6. The molecule has 2 heterocycles. The first-order valence-corrected chi connectivity index (χ1v) is 7.51. The van der Waals surface area contributed by atoms with Crippen LogP contribution in [-0.2, 0) is 0 Å². The number of hydroxylamine groups is 1. The van der Waals surface area contributed by atoms with E-state index < -0.39 is 5.91 Å². The van der Waals surface area contributed by atoms with Crippen LogP contribution in [0.15, 0.2) is 24.3 Å². The van der Waals surface area contributed by atoms with Crippen molar-refractivity contribution in [2.75, 3.05) is 19.6 Å². The number of aromatic nitrogens is 1. The molecule has 1 fully saturated rings. The van der Waals surface area contributed by atoms with E-state index in [-0.39, 0.29) is 0 Å². The van der Waals surface area contributed by atoms with E-state index >= 15 is 0 Å². The number of benzene rings is 1. The Hall–Kier alpha value is -1.85. The summed E-state index contributed by atoms with van der Waals surface area (Å²) in [6, 6.07) is 7.58. The van der Waals surface area contributed by atoms with Crippen molar-refractivity contribution >= 4 is 16.8 Å². The second kappa shape index (κ2) is 5.87. The number of piperidine rings is 1. The lowest BCUT2D eigenvalue weighted by molar-refractivity contribution is 0.0708. The van der Waals surface area contributed by atoms with Gasteiger partial charge >= 0.3 is 0 Å². The molecule has 0 saturated carbocycles. The Bertz CT molecular complexity index is 642. The maximum Gasteiger partial charge on any atom is 0.275 e. The maximum absolute atomic E-state index is 11.7. The number of carbonyl (C=O) groups excluding carboxylic acids is 1. The number of H-pyrrole nitrogens is 1.